The summed E-state index contributed by atoms with van der Waals surface area (Å²) in [4.78, 5) is 23.3. The summed E-state index contributed by atoms with van der Waals surface area (Å²) >= 11 is 0.910. The molecule has 0 aliphatic rings. The number of carbonyl (C=O) groups excluding carboxylic acids is 1. The third-order valence-electron chi connectivity index (χ3n) is 3.02. The molecule has 0 aromatic carbocycles. The maximum absolute atomic E-state index is 12.5. The van der Waals surface area contributed by atoms with Crippen molar-refractivity contribution in [3.8, 4) is 11.8 Å². The Morgan fingerprint density at radius 2 is 1.76 bits per heavy atom. The first-order valence-corrected chi connectivity index (χ1v) is 7.53. The summed E-state index contributed by atoms with van der Waals surface area (Å²) in [5, 5.41) is 2.14. The maximum atomic E-state index is 12.5. The van der Waals surface area contributed by atoms with Crippen LogP contribution in [0.15, 0.2) is 16.2 Å². The second-order valence-electron chi connectivity index (χ2n) is 4.66. The first-order valence-electron chi connectivity index (χ1n) is 6.72. The van der Waals surface area contributed by atoms with Crippen LogP contribution in [0.5, 0.6) is 11.8 Å². The quantitative estimate of drug-likeness (QED) is 0.799. The van der Waals surface area contributed by atoms with E-state index < -0.39 is 12.1 Å². The van der Waals surface area contributed by atoms with Crippen LogP contribution in [0.3, 0.4) is 0 Å². The number of amides is 1. The van der Waals surface area contributed by atoms with Crippen LogP contribution in [0.2, 0.25) is 0 Å². The maximum Gasteiger partial charge on any atom is 0.471 e. The van der Waals surface area contributed by atoms with Gasteiger partial charge in [0.2, 0.25) is 16.9 Å². The SMILES string of the molecule is COc1cc(OC)nc(Sc2c(NC(=O)C(F)(F)F)nc(C)n2C)n1. The number of aromatic nitrogens is 4. The lowest BCUT2D eigenvalue weighted by atomic mass is 10.5. The van der Waals surface area contributed by atoms with Crippen LogP contribution >= 0.6 is 11.8 Å². The molecule has 0 saturated heterocycles. The van der Waals surface area contributed by atoms with Gasteiger partial charge in [-0.1, -0.05) is 0 Å². The van der Waals surface area contributed by atoms with Gasteiger partial charge in [-0.25, -0.2) is 4.98 Å². The largest absolute Gasteiger partial charge is 0.481 e. The standard InChI is InChI=1S/C13H14F3N5O3S/c1-6-17-9(20-11(22)13(14,15)16)10(21(6)2)25-12-18-7(23-3)5-8(19-12)24-4/h5H,1-4H3,(H,20,22). The molecule has 2 aromatic rings. The smallest absolute Gasteiger partial charge is 0.471 e. The minimum atomic E-state index is -5.02. The number of hydrogen-bond acceptors (Lipinski definition) is 7. The fourth-order valence-corrected chi connectivity index (χ4v) is 2.60. The van der Waals surface area contributed by atoms with Crippen LogP contribution in [0, 0.1) is 6.92 Å². The van der Waals surface area contributed by atoms with Crippen molar-refractivity contribution in [1.29, 1.82) is 0 Å². The van der Waals surface area contributed by atoms with Crippen molar-refractivity contribution in [2.24, 2.45) is 7.05 Å². The van der Waals surface area contributed by atoms with E-state index in [0.29, 0.717) is 5.82 Å². The lowest BCUT2D eigenvalue weighted by Crippen LogP contribution is -2.30. The Kier molecular flexibility index (Phi) is 5.40. The van der Waals surface area contributed by atoms with Gasteiger partial charge in [-0.05, 0) is 18.7 Å². The summed E-state index contributed by atoms with van der Waals surface area (Å²) in [5.74, 6) is -1.52. The Bertz CT molecular complexity index is 772. The van der Waals surface area contributed by atoms with Crippen molar-refractivity contribution in [2.75, 3.05) is 19.5 Å². The van der Waals surface area contributed by atoms with Gasteiger partial charge < -0.3 is 19.4 Å². The highest BCUT2D eigenvalue weighted by atomic mass is 32.2. The molecule has 2 rings (SSSR count). The van der Waals surface area contributed by atoms with E-state index in [1.54, 1.807) is 19.3 Å². The Morgan fingerprint density at radius 1 is 1.20 bits per heavy atom. The molecule has 0 bridgehead atoms. The summed E-state index contributed by atoms with van der Waals surface area (Å²) < 4.78 is 49.0. The molecule has 2 heterocycles. The predicted octanol–water partition coefficient (Wildman–Crippen LogP) is 2.19. The van der Waals surface area contributed by atoms with Crippen molar-refractivity contribution < 1.29 is 27.4 Å². The number of hydrogen-bond donors (Lipinski definition) is 1. The number of methoxy groups -OCH3 is 2. The molecule has 0 atom stereocenters. The summed E-state index contributed by atoms with van der Waals surface area (Å²) in [6.45, 7) is 1.58. The molecule has 2 aromatic heterocycles. The van der Waals surface area contributed by atoms with Gasteiger partial charge in [-0.15, -0.1) is 0 Å². The molecule has 0 unspecified atom stereocenters. The lowest BCUT2D eigenvalue weighted by molar-refractivity contribution is -0.167. The summed E-state index contributed by atoms with van der Waals surface area (Å²) in [7, 11) is 4.39. The van der Waals surface area contributed by atoms with Crippen LogP contribution in [-0.2, 0) is 11.8 Å². The van der Waals surface area contributed by atoms with E-state index >= 15 is 0 Å². The molecule has 0 radical (unpaired) electrons. The van der Waals surface area contributed by atoms with Crippen LogP contribution in [0.25, 0.3) is 0 Å². The van der Waals surface area contributed by atoms with Gasteiger partial charge in [0.05, 0.1) is 20.3 Å². The van der Waals surface area contributed by atoms with Crippen LogP contribution < -0.4 is 14.8 Å². The van der Waals surface area contributed by atoms with Crippen molar-refractivity contribution in [3.63, 3.8) is 0 Å². The van der Waals surface area contributed by atoms with Gasteiger partial charge in [0.25, 0.3) is 0 Å². The third kappa shape index (κ3) is 4.32. The minimum absolute atomic E-state index is 0.154. The first kappa shape index (κ1) is 18.8. The molecular weight excluding hydrogens is 363 g/mol. The molecule has 0 spiro atoms. The Labute approximate surface area is 144 Å². The van der Waals surface area contributed by atoms with Gasteiger partial charge in [0.15, 0.2) is 5.82 Å². The number of imidazole rings is 1. The summed E-state index contributed by atoms with van der Waals surface area (Å²) in [6.07, 6.45) is -5.02. The molecule has 1 N–H and O–H groups in total. The number of nitrogens with zero attached hydrogens (tertiary/aromatic N) is 4. The zero-order valence-electron chi connectivity index (χ0n) is 13.6. The Morgan fingerprint density at radius 3 is 2.24 bits per heavy atom. The average molecular weight is 377 g/mol. The van der Waals surface area contributed by atoms with Gasteiger partial charge in [0.1, 0.15) is 10.9 Å². The number of nitrogens with one attached hydrogen (secondary N) is 1. The lowest BCUT2D eigenvalue weighted by Gasteiger charge is -2.09. The van der Waals surface area contributed by atoms with Gasteiger partial charge >= 0.3 is 12.1 Å². The van der Waals surface area contributed by atoms with E-state index in [-0.39, 0.29) is 27.8 Å². The van der Waals surface area contributed by atoms with Gasteiger partial charge in [-0.2, -0.15) is 23.1 Å². The predicted molar refractivity (Wildman–Crippen MR) is 81.9 cm³/mol. The minimum Gasteiger partial charge on any atom is -0.481 e. The van der Waals surface area contributed by atoms with E-state index in [9.17, 15) is 18.0 Å². The van der Waals surface area contributed by atoms with Crippen molar-refractivity contribution in [1.82, 2.24) is 19.5 Å². The van der Waals surface area contributed by atoms with Gasteiger partial charge in [0, 0.05) is 7.05 Å². The number of aryl methyl sites for hydroxylation is 1. The second kappa shape index (κ2) is 7.17. The van der Waals surface area contributed by atoms with Crippen molar-refractivity contribution >= 4 is 23.5 Å². The monoisotopic (exact) mass is 377 g/mol. The van der Waals surface area contributed by atoms with Crippen LogP contribution in [0.4, 0.5) is 19.0 Å². The zero-order valence-corrected chi connectivity index (χ0v) is 14.4. The zero-order chi connectivity index (χ0) is 18.8. The topological polar surface area (TPSA) is 91.2 Å². The Hall–Kier alpha value is -2.50. The number of ether oxygens (including phenoxy) is 2. The molecule has 0 aliphatic heterocycles. The molecule has 0 saturated carbocycles. The number of halogens is 3. The number of alkyl halides is 3. The normalized spacial score (nSPS) is 11.3. The molecule has 1 amide bonds. The van der Waals surface area contributed by atoms with Crippen LogP contribution in [0.1, 0.15) is 5.82 Å². The molecule has 8 nitrogen and oxygen atoms in total. The van der Waals surface area contributed by atoms with E-state index in [1.807, 2.05) is 0 Å². The molecule has 25 heavy (non-hydrogen) atoms. The summed E-state index contributed by atoms with van der Waals surface area (Å²) in [6, 6.07) is 1.45. The van der Waals surface area contributed by atoms with E-state index in [0.717, 1.165) is 11.8 Å². The van der Waals surface area contributed by atoms with E-state index in [1.165, 1.54) is 24.9 Å². The highest BCUT2D eigenvalue weighted by Crippen LogP contribution is 2.34. The highest BCUT2D eigenvalue weighted by Gasteiger charge is 2.39. The Balaban J connectivity index is 2.38. The van der Waals surface area contributed by atoms with Crippen LogP contribution in [-0.4, -0.2) is 45.8 Å². The van der Waals surface area contributed by atoms with Crippen molar-refractivity contribution in [3.05, 3.63) is 11.9 Å². The number of carbonyl (C=O) groups is 1. The fraction of sp³-hybridized carbons (Fsp3) is 0.385. The molecule has 12 heteroatoms. The summed E-state index contributed by atoms with van der Waals surface area (Å²) in [5.41, 5.74) is 0. The second-order valence-corrected chi connectivity index (χ2v) is 5.62. The van der Waals surface area contributed by atoms with E-state index in [4.69, 9.17) is 9.47 Å². The van der Waals surface area contributed by atoms with Crippen molar-refractivity contribution in [2.45, 2.75) is 23.3 Å². The van der Waals surface area contributed by atoms with Gasteiger partial charge in [-0.3, -0.25) is 4.79 Å². The fourth-order valence-electron chi connectivity index (χ4n) is 1.69. The molecule has 0 aliphatic carbocycles. The third-order valence-corrected chi connectivity index (χ3v) is 4.05. The number of anilines is 1. The molecule has 136 valence electrons. The molecular formula is C13H14F3N5O3S. The highest BCUT2D eigenvalue weighted by molar-refractivity contribution is 7.99. The van der Waals surface area contributed by atoms with E-state index in [2.05, 4.69) is 15.0 Å². The number of rotatable bonds is 5. The first-order chi connectivity index (χ1) is 11.7. The molecule has 0 fully saturated rings. The average Bonchev–Trinajstić information content (AvgIpc) is 2.81.